The zero-order chi connectivity index (χ0) is 14.0. The van der Waals surface area contributed by atoms with E-state index in [1.807, 2.05) is 0 Å². The first-order valence-electron chi connectivity index (χ1n) is 5.61. The van der Waals surface area contributed by atoms with Crippen LogP contribution in [0.15, 0.2) is 12.4 Å². The SMILES string of the molecule is Cc1n[nH]c(C)c1C(=O)Nc1cnn(CC(N)=O)c1. The number of aromatic amines is 1. The van der Waals surface area contributed by atoms with E-state index in [9.17, 15) is 9.59 Å². The van der Waals surface area contributed by atoms with Crippen LogP contribution in [0.1, 0.15) is 21.7 Å². The van der Waals surface area contributed by atoms with Crippen molar-refractivity contribution in [1.29, 1.82) is 0 Å². The summed E-state index contributed by atoms with van der Waals surface area (Å²) in [6.45, 7) is 3.49. The lowest BCUT2D eigenvalue weighted by molar-refractivity contribution is -0.118. The van der Waals surface area contributed by atoms with Crippen molar-refractivity contribution < 1.29 is 9.59 Å². The van der Waals surface area contributed by atoms with Crippen molar-refractivity contribution in [3.05, 3.63) is 29.3 Å². The Labute approximate surface area is 109 Å². The van der Waals surface area contributed by atoms with E-state index in [1.54, 1.807) is 13.8 Å². The number of nitrogens with zero attached hydrogens (tertiary/aromatic N) is 3. The molecule has 2 aromatic heterocycles. The second-order valence-corrected chi connectivity index (χ2v) is 4.16. The third-order valence-corrected chi connectivity index (χ3v) is 2.56. The van der Waals surface area contributed by atoms with Gasteiger partial charge in [-0.2, -0.15) is 10.2 Å². The molecule has 0 radical (unpaired) electrons. The molecule has 100 valence electrons. The number of hydrogen-bond acceptors (Lipinski definition) is 4. The molecule has 2 amide bonds. The molecule has 2 aromatic rings. The van der Waals surface area contributed by atoms with E-state index >= 15 is 0 Å². The van der Waals surface area contributed by atoms with Crippen molar-refractivity contribution >= 4 is 17.5 Å². The summed E-state index contributed by atoms with van der Waals surface area (Å²) in [6, 6.07) is 0. The predicted octanol–water partition coefficient (Wildman–Crippen LogP) is -0.0394. The van der Waals surface area contributed by atoms with Gasteiger partial charge in [-0.3, -0.25) is 19.4 Å². The highest BCUT2D eigenvalue weighted by atomic mass is 16.2. The van der Waals surface area contributed by atoms with Crippen molar-refractivity contribution in [2.24, 2.45) is 5.73 Å². The largest absolute Gasteiger partial charge is 0.368 e. The second-order valence-electron chi connectivity index (χ2n) is 4.16. The van der Waals surface area contributed by atoms with Gasteiger partial charge in [0, 0.05) is 11.9 Å². The van der Waals surface area contributed by atoms with Crippen molar-refractivity contribution in [3.63, 3.8) is 0 Å². The van der Waals surface area contributed by atoms with Crippen LogP contribution in [0.5, 0.6) is 0 Å². The van der Waals surface area contributed by atoms with Crippen LogP contribution in [0.25, 0.3) is 0 Å². The smallest absolute Gasteiger partial charge is 0.259 e. The summed E-state index contributed by atoms with van der Waals surface area (Å²) in [6.07, 6.45) is 2.99. The van der Waals surface area contributed by atoms with Gasteiger partial charge in [0.15, 0.2) is 0 Å². The monoisotopic (exact) mass is 262 g/mol. The Kier molecular flexibility index (Phi) is 3.32. The Bertz CT molecular complexity index is 607. The number of amides is 2. The highest BCUT2D eigenvalue weighted by Crippen LogP contribution is 2.13. The van der Waals surface area contributed by atoms with Gasteiger partial charge in [0.25, 0.3) is 5.91 Å². The van der Waals surface area contributed by atoms with E-state index < -0.39 is 5.91 Å². The van der Waals surface area contributed by atoms with Gasteiger partial charge in [-0.25, -0.2) is 0 Å². The number of H-pyrrole nitrogens is 1. The average Bonchev–Trinajstić information content (AvgIpc) is 2.85. The van der Waals surface area contributed by atoms with E-state index in [0.29, 0.717) is 22.6 Å². The summed E-state index contributed by atoms with van der Waals surface area (Å²) in [7, 11) is 0. The second kappa shape index (κ2) is 4.92. The molecule has 0 saturated heterocycles. The molecule has 0 atom stereocenters. The highest BCUT2D eigenvalue weighted by molar-refractivity contribution is 6.05. The average molecular weight is 262 g/mol. The van der Waals surface area contributed by atoms with Gasteiger partial charge in [-0.15, -0.1) is 0 Å². The topological polar surface area (TPSA) is 119 Å². The van der Waals surface area contributed by atoms with Gasteiger partial charge in [0.2, 0.25) is 5.91 Å². The first kappa shape index (κ1) is 12.8. The third kappa shape index (κ3) is 2.79. The van der Waals surface area contributed by atoms with E-state index in [1.165, 1.54) is 17.1 Å². The quantitative estimate of drug-likeness (QED) is 0.716. The molecule has 0 bridgehead atoms. The molecule has 0 aliphatic heterocycles. The number of rotatable bonds is 4. The Morgan fingerprint density at radius 3 is 2.79 bits per heavy atom. The fourth-order valence-corrected chi connectivity index (χ4v) is 1.75. The standard InChI is InChI=1S/C11H14N6O2/c1-6-10(7(2)16-15-6)11(19)14-8-3-13-17(4-8)5-9(12)18/h3-4H,5H2,1-2H3,(H2,12,18)(H,14,19)(H,15,16). The number of nitrogens with one attached hydrogen (secondary N) is 2. The normalized spacial score (nSPS) is 10.4. The minimum absolute atomic E-state index is 0.0281. The van der Waals surface area contributed by atoms with Crippen molar-refractivity contribution in [2.75, 3.05) is 5.32 Å². The molecular formula is C11H14N6O2. The number of anilines is 1. The molecule has 0 aliphatic carbocycles. The highest BCUT2D eigenvalue weighted by Gasteiger charge is 2.15. The molecule has 8 heteroatoms. The molecule has 19 heavy (non-hydrogen) atoms. The number of aromatic nitrogens is 4. The molecule has 8 nitrogen and oxygen atoms in total. The number of hydrogen-bond donors (Lipinski definition) is 3. The number of nitrogens with two attached hydrogens (primary N) is 1. The van der Waals surface area contributed by atoms with Crippen LogP contribution in [0.3, 0.4) is 0 Å². The van der Waals surface area contributed by atoms with Crippen LogP contribution in [0, 0.1) is 13.8 Å². The lowest BCUT2D eigenvalue weighted by Gasteiger charge is -2.02. The maximum atomic E-state index is 12.0. The van der Waals surface area contributed by atoms with E-state index in [2.05, 4.69) is 20.6 Å². The molecule has 4 N–H and O–H groups in total. The van der Waals surface area contributed by atoms with E-state index in [4.69, 9.17) is 5.73 Å². The first-order valence-corrected chi connectivity index (χ1v) is 5.61. The predicted molar refractivity (Wildman–Crippen MR) is 67.4 cm³/mol. The van der Waals surface area contributed by atoms with Gasteiger partial charge < -0.3 is 11.1 Å². The fourth-order valence-electron chi connectivity index (χ4n) is 1.75. The number of carbonyl (C=O) groups is 2. The van der Waals surface area contributed by atoms with Crippen molar-refractivity contribution in [2.45, 2.75) is 20.4 Å². The summed E-state index contributed by atoms with van der Waals surface area (Å²) < 4.78 is 1.35. The molecule has 0 spiro atoms. The number of primary amides is 1. The van der Waals surface area contributed by atoms with Gasteiger partial charge >= 0.3 is 0 Å². The Hall–Kier alpha value is -2.64. The van der Waals surface area contributed by atoms with Gasteiger partial charge in [0.05, 0.1) is 23.1 Å². The number of aryl methyl sites for hydroxylation is 2. The zero-order valence-electron chi connectivity index (χ0n) is 10.6. The number of carbonyl (C=O) groups excluding carboxylic acids is 2. The van der Waals surface area contributed by atoms with Crippen LogP contribution in [0.4, 0.5) is 5.69 Å². The van der Waals surface area contributed by atoms with Crippen LogP contribution < -0.4 is 11.1 Å². The molecular weight excluding hydrogens is 248 g/mol. The summed E-state index contributed by atoms with van der Waals surface area (Å²) >= 11 is 0. The maximum absolute atomic E-state index is 12.0. The zero-order valence-corrected chi connectivity index (χ0v) is 10.6. The summed E-state index contributed by atoms with van der Waals surface area (Å²) in [5.74, 6) is -0.773. The first-order chi connectivity index (χ1) is 8.97. The Balaban J connectivity index is 2.11. The third-order valence-electron chi connectivity index (χ3n) is 2.56. The Morgan fingerprint density at radius 1 is 1.47 bits per heavy atom. The van der Waals surface area contributed by atoms with Gasteiger partial charge in [-0.05, 0) is 13.8 Å². The van der Waals surface area contributed by atoms with Crippen LogP contribution in [-0.4, -0.2) is 31.8 Å². The summed E-state index contributed by atoms with van der Waals surface area (Å²) in [5, 5.41) is 13.3. The molecule has 0 aromatic carbocycles. The van der Waals surface area contributed by atoms with Crippen molar-refractivity contribution in [1.82, 2.24) is 20.0 Å². The minimum atomic E-state index is -0.498. The molecule has 2 rings (SSSR count). The molecule has 0 saturated carbocycles. The van der Waals surface area contributed by atoms with Crippen LogP contribution >= 0.6 is 0 Å². The van der Waals surface area contributed by atoms with Gasteiger partial charge in [0.1, 0.15) is 6.54 Å². The lowest BCUT2D eigenvalue weighted by Crippen LogP contribution is -2.18. The lowest BCUT2D eigenvalue weighted by atomic mass is 10.2. The maximum Gasteiger partial charge on any atom is 0.259 e. The molecule has 0 unspecified atom stereocenters. The van der Waals surface area contributed by atoms with Gasteiger partial charge in [-0.1, -0.05) is 0 Å². The molecule has 0 aliphatic rings. The van der Waals surface area contributed by atoms with Crippen LogP contribution in [-0.2, 0) is 11.3 Å². The van der Waals surface area contributed by atoms with E-state index in [-0.39, 0.29) is 12.5 Å². The van der Waals surface area contributed by atoms with E-state index in [0.717, 1.165) is 0 Å². The molecule has 0 fully saturated rings. The Morgan fingerprint density at radius 2 is 2.21 bits per heavy atom. The minimum Gasteiger partial charge on any atom is -0.368 e. The summed E-state index contributed by atoms with van der Waals surface area (Å²) in [5.41, 5.74) is 7.37. The van der Waals surface area contributed by atoms with Crippen LogP contribution in [0.2, 0.25) is 0 Å². The molecule has 2 heterocycles. The summed E-state index contributed by atoms with van der Waals surface area (Å²) in [4.78, 5) is 22.8. The fraction of sp³-hybridized carbons (Fsp3) is 0.273. The van der Waals surface area contributed by atoms with Crippen molar-refractivity contribution in [3.8, 4) is 0 Å².